The molecule has 7 nitrogen and oxygen atoms in total. The van der Waals surface area contributed by atoms with Crippen molar-refractivity contribution in [3.05, 3.63) is 6.20 Å². The SMILES string of the molecule is CCN(CC1CCC1)c1nc(NN)nc2[nH]ncc12. The second-order valence-electron chi connectivity index (χ2n) is 4.98. The number of fused-ring (bicyclic) bond motifs is 1. The number of H-pyrrole nitrogens is 1. The Kier molecular flexibility index (Phi) is 3.20. The molecule has 2 aromatic rings. The quantitative estimate of drug-likeness (QED) is 0.554. The number of hydrazine groups is 1. The van der Waals surface area contributed by atoms with E-state index >= 15 is 0 Å². The van der Waals surface area contributed by atoms with Gasteiger partial charge in [-0.05, 0) is 25.7 Å². The van der Waals surface area contributed by atoms with Gasteiger partial charge in [-0.2, -0.15) is 15.1 Å². The maximum atomic E-state index is 5.43. The molecule has 1 aliphatic carbocycles. The first-order valence-corrected chi connectivity index (χ1v) is 6.74. The Morgan fingerprint density at radius 1 is 1.47 bits per heavy atom. The van der Waals surface area contributed by atoms with E-state index in [-0.39, 0.29) is 0 Å². The lowest BCUT2D eigenvalue weighted by Crippen LogP contribution is -2.33. The second kappa shape index (κ2) is 5.00. The van der Waals surface area contributed by atoms with Crippen LogP contribution in [-0.2, 0) is 0 Å². The predicted molar refractivity (Wildman–Crippen MR) is 74.7 cm³/mol. The van der Waals surface area contributed by atoms with E-state index in [1.165, 1.54) is 19.3 Å². The zero-order valence-electron chi connectivity index (χ0n) is 11.1. The van der Waals surface area contributed by atoms with Crippen LogP contribution >= 0.6 is 0 Å². The third-order valence-electron chi connectivity index (χ3n) is 3.80. The minimum absolute atomic E-state index is 0.416. The minimum Gasteiger partial charge on any atom is -0.356 e. The van der Waals surface area contributed by atoms with E-state index < -0.39 is 0 Å². The highest BCUT2D eigenvalue weighted by Gasteiger charge is 2.22. The van der Waals surface area contributed by atoms with Crippen molar-refractivity contribution in [3.8, 4) is 0 Å². The Hall–Kier alpha value is -1.89. The summed E-state index contributed by atoms with van der Waals surface area (Å²) in [6.45, 7) is 4.10. The zero-order chi connectivity index (χ0) is 13.2. The van der Waals surface area contributed by atoms with Gasteiger partial charge in [0.05, 0.1) is 11.6 Å². The van der Waals surface area contributed by atoms with Gasteiger partial charge in [0, 0.05) is 13.1 Å². The molecule has 0 spiro atoms. The number of hydrogen-bond donors (Lipinski definition) is 3. The molecule has 1 aliphatic rings. The van der Waals surface area contributed by atoms with Crippen molar-refractivity contribution in [2.45, 2.75) is 26.2 Å². The molecule has 0 unspecified atom stereocenters. The summed E-state index contributed by atoms with van der Waals surface area (Å²) in [5.41, 5.74) is 3.23. The first kappa shape index (κ1) is 12.2. The van der Waals surface area contributed by atoms with Crippen LogP contribution in [0.2, 0.25) is 0 Å². The lowest BCUT2D eigenvalue weighted by atomic mass is 9.85. The van der Waals surface area contributed by atoms with Gasteiger partial charge in [0.15, 0.2) is 5.65 Å². The molecule has 4 N–H and O–H groups in total. The molecule has 2 heterocycles. The van der Waals surface area contributed by atoms with Crippen LogP contribution in [0.5, 0.6) is 0 Å². The summed E-state index contributed by atoms with van der Waals surface area (Å²) in [6.07, 6.45) is 5.76. The molecule has 102 valence electrons. The van der Waals surface area contributed by atoms with E-state index in [0.717, 1.165) is 30.2 Å². The van der Waals surface area contributed by atoms with E-state index in [2.05, 4.69) is 37.4 Å². The third-order valence-corrected chi connectivity index (χ3v) is 3.80. The fraction of sp³-hybridized carbons (Fsp3) is 0.583. The summed E-state index contributed by atoms with van der Waals surface area (Å²) in [4.78, 5) is 11.0. The normalized spacial score (nSPS) is 15.5. The topological polar surface area (TPSA) is 95.8 Å². The Morgan fingerprint density at radius 3 is 2.95 bits per heavy atom. The molecule has 0 bridgehead atoms. The van der Waals surface area contributed by atoms with Crippen LogP contribution in [0.4, 0.5) is 11.8 Å². The standard InChI is InChI=1S/C12H19N7/c1-2-19(7-8-4-3-5-8)11-9-6-14-18-10(9)15-12(16-11)17-13/h6,8H,2-5,7,13H2,1H3,(H2,14,15,16,17,18). The smallest absolute Gasteiger partial charge is 0.241 e. The molecule has 2 aromatic heterocycles. The molecule has 7 heteroatoms. The molecule has 0 aromatic carbocycles. The molecular weight excluding hydrogens is 242 g/mol. The van der Waals surface area contributed by atoms with Crippen molar-refractivity contribution in [2.24, 2.45) is 11.8 Å². The summed E-state index contributed by atoms with van der Waals surface area (Å²) in [7, 11) is 0. The fourth-order valence-electron chi connectivity index (χ4n) is 2.48. The summed E-state index contributed by atoms with van der Waals surface area (Å²) < 4.78 is 0. The van der Waals surface area contributed by atoms with Crippen molar-refractivity contribution in [1.29, 1.82) is 0 Å². The molecule has 1 saturated carbocycles. The maximum absolute atomic E-state index is 5.43. The number of rotatable bonds is 5. The Morgan fingerprint density at radius 2 is 2.32 bits per heavy atom. The highest BCUT2D eigenvalue weighted by Crippen LogP contribution is 2.30. The number of nitrogens with zero attached hydrogens (tertiary/aromatic N) is 4. The van der Waals surface area contributed by atoms with Crippen molar-refractivity contribution in [1.82, 2.24) is 20.2 Å². The van der Waals surface area contributed by atoms with Gasteiger partial charge in [0.25, 0.3) is 0 Å². The molecule has 3 rings (SSSR count). The van der Waals surface area contributed by atoms with Crippen molar-refractivity contribution in [3.63, 3.8) is 0 Å². The first-order valence-electron chi connectivity index (χ1n) is 6.74. The van der Waals surface area contributed by atoms with Crippen LogP contribution < -0.4 is 16.2 Å². The van der Waals surface area contributed by atoms with Crippen LogP contribution in [0.3, 0.4) is 0 Å². The molecule has 1 fully saturated rings. The Balaban J connectivity index is 1.97. The largest absolute Gasteiger partial charge is 0.356 e. The van der Waals surface area contributed by atoms with Gasteiger partial charge in [0.1, 0.15) is 5.82 Å². The van der Waals surface area contributed by atoms with Gasteiger partial charge in [0.2, 0.25) is 5.95 Å². The summed E-state index contributed by atoms with van der Waals surface area (Å²) in [5.74, 6) is 7.53. The summed E-state index contributed by atoms with van der Waals surface area (Å²) in [5, 5.41) is 7.86. The summed E-state index contributed by atoms with van der Waals surface area (Å²) >= 11 is 0. The summed E-state index contributed by atoms with van der Waals surface area (Å²) in [6, 6.07) is 0. The van der Waals surface area contributed by atoms with Gasteiger partial charge >= 0.3 is 0 Å². The number of nitrogen functional groups attached to an aromatic ring is 1. The second-order valence-corrected chi connectivity index (χ2v) is 4.98. The maximum Gasteiger partial charge on any atom is 0.241 e. The molecule has 19 heavy (non-hydrogen) atoms. The number of nitrogens with two attached hydrogens (primary N) is 1. The number of aromatic nitrogens is 4. The zero-order valence-corrected chi connectivity index (χ0v) is 11.1. The van der Waals surface area contributed by atoms with Crippen LogP contribution in [-0.4, -0.2) is 33.3 Å². The number of nitrogens with one attached hydrogen (secondary N) is 2. The number of anilines is 2. The van der Waals surface area contributed by atoms with Gasteiger partial charge < -0.3 is 4.90 Å². The molecule has 0 aliphatic heterocycles. The van der Waals surface area contributed by atoms with E-state index in [1.807, 2.05) is 0 Å². The molecule has 0 radical (unpaired) electrons. The fourth-order valence-corrected chi connectivity index (χ4v) is 2.48. The number of aromatic amines is 1. The minimum atomic E-state index is 0.416. The van der Waals surface area contributed by atoms with Gasteiger partial charge in [-0.15, -0.1) is 0 Å². The Labute approximate surface area is 111 Å². The average Bonchev–Trinajstić information content (AvgIpc) is 2.85. The van der Waals surface area contributed by atoms with E-state index in [1.54, 1.807) is 6.20 Å². The molecule has 0 amide bonds. The van der Waals surface area contributed by atoms with Crippen molar-refractivity contribution >= 4 is 22.8 Å². The average molecular weight is 261 g/mol. The van der Waals surface area contributed by atoms with Crippen molar-refractivity contribution < 1.29 is 0 Å². The molecule has 0 atom stereocenters. The van der Waals surface area contributed by atoms with E-state index in [9.17, 15) is 0 Å². The first-order chi connectivity index (χ1) is 9.31. The molecule has 0 saturated heterocycles. The van der Waals surface area contributed by atoms with Gasteiger partial charge in [-0.25, -0.2) is 5.84 Å². The van der Waals surface area contributed by atoms with Gasteiger partial charge in [-0.3, -0.25) is 10.5 Å². The predicted octanol–water partition coefficient (Wildman–Crippen LogP) is 1.26. The highest BCUT2D eigenvalue weighted by atomic mass is 15.3. The number of hydrogen-bond acceptors (Lipinski definition) is 6. The molecular formula is C12H19N7. The van der Waals surface area contributed by atoms with Crippen molar-refractivity contribution in [2.75, 3.05) is 23.4 Å². The third kappa shape index (κ3) is 2.21. The highest BCUT2D eigenvalue weighted by molar-refractivity contribution is 5.87. The lowest BCUT2D eigenvalue weighted by Gasteiger charge is -2.32. The van der Waals surface area contributed by atoms with E-state index in [0.29, 0.717) is 11.6 Å². The van der Waals surface area contributed by atoms with Crippen LogP contribution in [0.25, 0.3) is 11.0 Å². The monoisotopic (exact) mass is 261 g/mol. The van der Waals surface area contributed by atoms with Crippen LogP contribution in [0, 0.1) is 5.92 Å². The Bertz CT molecular complexity index is 560. The lowest BCUT2D eigenvalue weighted by molar-refractivity contribution is 0.318. The van der Waals surface area contributed by atoms with Gasteiger partial charge in [-0.1, -0.05) is 6.42 Å². The van der Waals surface area contributed by atoms with Crippen LogP contribution in [0.15, 0.2) is 6.20 Å². The van der Waals surface area contributed by atoms with Crippen LogP contribution in [0.1, 0.15) is 26.2 Å². The van der Waals surface area contributed by atoms with E-state index in [4.69, 9.17) is 5.84 Å².